The molecule has 3 N–H and O–H groups in total. The number of aliphatic hydroxyl groups is 1. The number of oxime groups is 1. The van der Waals surface area contributed by atoms with Gasteiger partial charge in [-0.25, -0.2) is 5.48 Å². The third-order valence-corrected chi connectivity index (χ3v) is 6.28. The van der Waals surface area contributed by atoms with Gasteiger partial charge >= 0.3 is 0 Å². The highest BCUT2D eigenvalue weighted by molar-refractivity contribution is 7.84. The Labute approximate surface area is 179 Å². The Bertz CT molecular complexity index is 899. The van der Waals surface area contributed by atoms with Gasteiger partial charge in [0.2, 0.25) is 6.41 Å². The SMILES string of the molecule is Cc1cc(CO)ccc1-c1ccc(C2=NOC(CC(C)S(C)=O)C2)cc1.O=CNO. The van der Waals surface area contributed by atoms with E-state index in [-0.39, 0.29) is 24.4 Å². The van der Waals surface area contributed by atoms with Crippen LogP contribution in [-0.4, -0.2) is 44.3 Å². The molecule has 2 aromatic carbocycles. The van der Waals surface area contributed by atoms with Crippen molar-refractivity contribution in [1.29, 1.82) is 0 Å². The smallest absolute Gasteiger partial charge is 0.230 e. The molecule has 8 heteroatoms. The summed E-state index contributed by atoms with van der Waals surface area (Å²) in [6, 6.07) is 14.3. The number of carbonyl (C=O) groups excluding carboxylic acids is 1. The summed E-state index contributed by atoms with van der Waals surface area (Å²) in [5, 5.41) is 20.8. The van der Waals surface area contributed by atoms with Gasteiger partial charge in [-0.1, -0.05) is 54.5 Å². The Hall–Kier alpha value is -2.55. The molecule has 0 spiro atoms. The predicted octanol–water partition coefficient (Wildman–Crippen LogP) is 2.93. The summed E-state index contributed by atoms with van der Waals surface area (Å²) in [5.41, 5.74) is 7.63. The standard InChI is InChI=1S/C21H25NO3S.CH3NO2/c1-14-10-16(13-23)4-9-20(14)17-5-7-18(8-6-17)21-12-19(25-22-21)11-15(2)26(3)24;3-1-2-4/h4-10,15,19,23H,11-13H2,1-3H3;1,4H,(H,2,3). The van der Waals surface area contributed by atoms with Crippen LogP contribution in [0.3, 0.4) is 0 Å². The van der Waals surface area contributed by atoms with Gasteiger partial charge in [0.25, 0.3) is 0 Å². The lowest BCUT2D eigenvalue weighted by Crippen LogP contribution is -2.19. The van der Waals surface area contributed by atoms with Crippen LogP contribution in [0.1, 0.15) is 36.5 Å². The van der Waals surface area contributed by atoms with Crippen molar-refractivity contribution in [2.75, 3.05) is 6.26 Å². The van der Waals surface area contributed by atoms with Crippen molar-refractivity contribution in [3.05, 3.63) is 59.2 Å². The Morgan fingerprint density at radius 2 is 1.90 bits per heavy atom. The van der Waals surface area contributed by atoms with E-state index in [4.69, 9.17) is 14.8 Å². The predicted molar refractivity (Wildman–Crippen MR) is 118 cm³/mol. The number of hydrogen-bond acceptors (Lipinski definition) is 6. The average Bonchev–Trinajstić information content (AvgIpc) is 3.22. The number of nitrogens with one attached hydrogen (secondary N) is 1. The molecular weight excluding hydrogens is 404 g/mol. The second kappa shape index (κ2) is 11.6. The third-order valence-electron chi connectivity index (χ3n) is 4.95. The fourth-order valence-electron chi connectivity index (χ4n) is 3.22. The van der Waals surface area contributed by atoms with Gasteiger partial charge in [-0.05, 0) is 34.7 Å². The molecule has 0 saturated heterocycles. The lowest BCUT2D eigenvalue weighted by molar-refractivity contribution is -0.116. The largest absolute Gasteiger partial charge is 0.392 e. The van der Waals surface area contributed by atoms with E-state index >= 15 is 0 Å². The van der Waals surface area contributed by atoms with Gasteiger partial charge in [-0.2, -0.15) is 0 Å². The quantitative estimate of drug-likeness (QED) is 0.354. The summed E-state index contributed by atoms with van der Waals surface area (Å²) < 4.78 is 11.5. The van der Waals surface area contributed by atoms with Crippen molar-refractivity contribution in [2.45, 2.75) is 44.6 Å². The van der Waals surface area contributed by atoms with E-state index in [1.807, 2.05) is 25.1 Å². The summed E-state index contributed by atoms with van der Waals surface area (Å²) in [6.07, 6.45) is 3.43. The van der Waals surface area contributed by atoms with E-state index in [2.05, 4.69) is 36.3 Å². The fourth-order valence-corrected chi connectivity index (χ4v) is 3.71. The molecular formula is C22H28N2O5S. The number of nitrogens with zero attached hydrogens (tertiary/aromatic N) is 1. The van der Waals surface area contributed by atoms with E-state index < -0.39 is 10.8 Å². The molecule has 1 amide bonds. The van der Waals surface area contributed by atoms with Crippen LogP contribution >= 0.6 is 0 Å². The minimum Gasteiger partial charge on any atom is -0.392 e. The van der Waals surface area contributed by atoms with Gasteiger partial charge in [0, 0.05) is 35.1 Å². The lowest BCUT2D eigenvalue weighted by atomic mass is 9.96. The zero-order valence-corrected chi connectivity index (χ0v) is 18.2. The number of amides is 1. The topological polar surface area (TPSA) is 108 Å². The summed E-state index contributed by atoms with van der Waals surface area (Å²) in [7, 11) is -0.838. The molecule has 0 radical (unpaired) electrons. The van der Waals surface area contributed by atoms with Crippen LogP contribution in [0.5, 0.6) is 0 Å². The molecule has 1 heterocycles. The summed E-state index contributed by atoms with van der Waals surface area (Å²) in [5.74, 6) is 0. The van der Waals surface area contributed by atoms with Gasteiger partial charge in [-0.3, -0.25) is 14.2 Å². The molecule has 0 aliphatic carbocycles. The average molecular weight is 433 g/mol. The molecule has 0 bridgehead atoms. The monoisotopic (exact) mass is 432 g/mol. The summed E-state index contributed by atoms with van der Waals surface area (Å²) in [4.78, 5) is 14.3. The molecule has 0 aromatic heterocycles. The van der Waals surface area contributed by atoms with Crippen LogP contribution in [0, 0.1) is 6.92 Å². The van der Waals surface area contributed by atoms with Crippen LogP contribution in [0.4, 0.5) is 0 Å². The van der Waals surface area contributed by atoms with Crippen LogP contribution in [-0.2, 0) is 27.0 Å². The van der Waals surface area contributed by atoms with Gasteiger partial charge < -0.3 is 9.94 Å². The molecule has 162 valence electrons. The molecule has 7 nitrogen and oxygen atoms in total. The van der Waals surface area contributed by atoms with Gasteiger partial charge in [-0.15, -0.1) is 0 Å². The highest BCUT2D eigenvalue weighted by Crippen LogP contribution is 2.27. The Kier molecular flexibility index (Phi) is 9.16. The number of benzene rings is 2. The lowest BCUT2D eigenvalue weighted by Gasteiger charge is -2.12. The molecule has 1 aliphatic rings. The second-order valence-electron chi connectivity index (χ2n) is 7.15. The van der Waals surface area contributed by atoms with Gasteiger partial charge in [0.1, 0.15) is 6.10 Å². The van der Waals surface area contributed by atoms with Crippen molar-refractivity contribution < 1.29 is 24.2 Å². The highest BCUT2D eigenvalue weighted by Gasteiger charge is 2.25. The molecule has 3 rings (SSSR count). The van der Waals surface area contributed by atoms with Crippen LogP contribution < -0.4 is 5.48 Å². The maximum atomic E-state index is 11.5. The number of aryl methyl sites for hydroxylation is 1. The summed E-state index contributed by atoms with van der Waals surface area (Å²) in [6.45, 7) is 4.10. The molecule has 0 fully saturated rings. The molecule has 0 saturated carbocycles. The Balaban J connectivity index is 0.000000735. The Morgan fingerprint density at radius 3 is 2.43 bits per heavy atom. The fraction of sp³-hybridized carbons (Fsp3) is 0.364. The third kappa shape index (κ3) is 6.48. The maximum Gasteiger partial charge on any atom is 0.230 e. The number of carbonyl (C=O) groups is 1. The normalized spacial score (nSPS) is 17.1. The minimum absolute atomic E-state index is 0.0110. The van der Waals surface area contributed by atoms with Crippen LogP contribution in [0.25, 0.3) is 11.1 Å². The molecule has 1 aliphatic heterocycles. The van der Waals surface area contributed by atoms with Crippen LogP contribution in [0.2, 0.25) is 0 Å². The van der Waals surface area contributed by atoms with E-state index in [0.717, 1.165) is 46.4 Å². The first kappa shape index (κ1) is 23.7. The molecule has 30 heavy (non-hydrogen) atoms. The van der Waals surface area contributed by atoms with E-state index in [1.165, 1.54) is 5.48 Å². The first-order valence-corrected chi connectivity index (χ1v) is 11.2. The number of aliphatic hydroxyl groups excluding tert-OH is 1. The van der Waals surface area contributed by atoms with Crippen molar-refractivity contribution in [2.24, 2.45) is 5.16 Å². The van der Waals surface area contributed by atoms with E-state index in [0.29, 0.717) is 0 Å². The first-order chi connectivity index (χ1) is 14.4. The molecule has 3 unspecified atom stereocenters. The molecule has 3 atom stereocenters. The summed E-state index contributed by atoms with van der Waals surface area (Å²) >= 11 is 0. The van der Waals surface area contributed by atoms with Crippen molar-refractivity contribution in [3.63, 3.8) is 0 Å². The van der Waals surface area contributed by atoms with Gasteiger partial charge in [0.15, 0.2) is 0 Å². The Morgan fingerprint density at radius 1 is 1.27 bits per heavy atom. The number of hydroxylamine groups is 1. The van der Waals surface area contributed by atoms with E-state index in [1.54, 1.807) is 6.26 Å². The number of rotatable bonds is 7. The van der Waals surface area contributed by atoms with Crippen molar-refractivity contribution in [1.82, 2.24) is 5.48 Å². The van der Waals surface area contributed by atoms with E-state index in [9.17, 15) is 9.32 Å². The zero-order valence-electron chi connectivity index (χ0n) is 17.4. The van der Waals surface area contributed by atoms with Crippen LogP contribution in [0.15, 0.2) is 47.6 Å². The second-order valence-corrected chi connectivity index (χ2v) is 8.95. The van der Waals surface area contributed by atoms with Crippen molar-refractivity contribution in [3.8, 4) is 11.1 Å². The van der Waals surface area contributed by atoms with Gasteiger partial charge in [0.05, 0.1) is 12.3 Å². The highest BCUT2D eigenvalue weighted by atomic mass is 32.2. The maximum absolute atomic E-state index is 11.5. The zero-order chi connectivity index (χ0) is 22.1. The minimum atomic E-state index is -0.838. The first-order valence-electron chi connectivity index (χ1n) is 9.59. The molecule has 2 aromatic rings. The van der Waals surface area contributed by atoms with Crippen molar-refractivity contribution >= 4 is 22.9 Å². The number of hydrogen-bond donors (Lipinski definition) is 3.